The van der Waals surface area contributed by atoms with Crippen LogP contribution in [-0.4, -0.2) is 0 Å². The molecule has 144 valence electrons. The molecule has 1 aliphatic rings. The van der Waals surface area contributed by atoms with Crippen LogP contribution in [0.5, 0.6) is 0 Å². The van der Waals surface area contributed by atoms with Gasteiger partial charge in [0.2, 0.25) is 0 Å². The molecule has 0 aromatic heterocycles. The van der Waals surface area contributed by atoms with Crippen molar-refractivity contribution in [3.63, 3.8) is 0 Å². The summed E-state index contributed by atoms with van der Waals surface area (Å²) in [6, 6.07) is 43.2. The van der Waals surface area contributed by atoms with E-state index in [0.29, 0.717) is 11.8 Å². The summed E-state index contributed by atoms with van der Waals surface area (Å²) >= 11 is 0. The van der Waals surface area contributed by atoms with E-state index < -0.39 is 0 Å². The van der Waals surface area contributed by atoms with Crippen LogP contribution in [0, 0.1) is 0 Å². The molecule has 2 atom stereocenters. The van der Waals surface area contributed by atoms with Crippen LogP contribution in [0.4, 0.5) is 0 Å². The Morgan fingerprint density at radius 3 is 1.00 bits per heavy atom. The highest BCUT2D eigenvalue weighted by molar-refractivity contribution is 5.77. The number of hydrogen-bond donors (Lipinski definition) is 0. The summed E-state index contributed by atoms with van der Waals surface area (Å²) in [4.78, 5) is 0. The van der Waals surface area contributed by atoms with Crippen molar-refractivity contribution in [1.29, 1.82) is 0 Å². The zero-order chi connectivity index (χ0) is 20.2. The third kappa shape index (κ3) is 3.65. The maximum absolute atomic E-state index is 2.37. The van der Waals surface area contributed by atoms with Crippen LogP contribution in [0.3, 0.4) is 0 Å². The first kappa shape index (κ1) is 18.4. The second-order valence-electron chi connectivity index (χ2n) is 7.80. The van der Waals surface area contributed by atoms with Crippen LogP contribution >= 0.6 is 0 Å². The smallest absolute Gasteiger partial charge is 0.0202 e. The Labute approximate surface area is 178 Å². The van der Waals surface area contributed by atoms with Crippen LogP contribution < -0.4 is 0 Å². The van der Waals surface area contributed by atoms with Gasteiger partial charge in [-0.3, -0.25) is 0 Å². The maximum atomic E-state index is 2.37. The number of allylic oxidation sites excluding steroid dienone is 2. The summed E-state index contributed by atoms with van der Waals surface area (Å²) in [6.45, 7) is 0. The van der Waals surface area contributed by atoms with E-state index in [4.69, 9.17) is 0 Å². The van der Waals surface area contributed by atoms with Crippen molar-refractivity contribution in [2.24, 2.45) is 0 Å². The summed E-state index contributed by atoms with van der Waals surface area (Å²) in [5.74, 6) is 0.701. The van der Waals surface area contributed by atoms with Gasteiger partial charge in [-0.2, -0.15) is 0 Å². The minimum atomic E-state index is 0.351. The van der Waals surface area contributed by atoms with Gasteiger partial charge in [-0.05, 0) is 33.4 Å². The van der Waals surface area contributed by atoms with Gasteiger partial charge < -0.3 is 0 Å². The van der Waals surface area contributed by atoms with Crippen molar-refractivity contribution < 1.29 is 0 Å². The Bertz CT molecular complexity index is 1060. The highest BCUT2D eigenvalue weighted by atomic mass is 14.4. The third-order valence-corrected chi connectivity index (χ3v) is 5.90. The summed E-state index contributed by atoms with van der Waals surface area (Å²) in [7, 11) is 0. The zero-order valence-electron chi connectivity index (χ0n) is 16.9. The van der Waals surface area contributed by atoms with Crippen LogP contribution in [0.15, 0.2) is 132 Å². The molecule has 1 aliphatic carbocycles. The molecular weight excluding hydrogens is 360 g/mol. The van der Waals surface area contributed by atoms with Crippen LogP contribution in [0.25, 0.3) is 12.2 Å². The third-order valence-electron chi connectivity index (χ3n) is 5.90. The fourth-order valence-corrected chi connectivity index (χ4v) is 4.49. The standard InChI is InChI=1S/C30H24/c1-5-13-23(14-6-1)21-27-28(22-24-15-7-2-8-16-24)30(26-19-11-4-12-20-26)29(27)25-17-9-3-10-18-25/h1-22,29-30H/b27-21-,28-22-/t29-,30+. The van der Waals surface area contributed by atoms with Crippen molar-refractivity contribution >= 4 is 12.2 Å². The Kier molecular flexibility index (Phi) is 5.14. The van der Waals surface area contributed by atoms with E-state index in [-0.39, 0.29) is 0 Å². The SMILES string of the molecule is C(=C1\C(=C\c2ccccc2)[C@@H](c2ccccc2)[C@H]1c1ccccc1)/c1ccccc1. The Hall–Kier alpha value is -3.64. The topological polar surface area (TPSA) is 0 Å². The fourth-order valence-electron chi connectivity index (χ4n) is 4.49. The summed E-state index contributed by atoms with van der Waals surface area (Å²) < 4.78 is 0. The predicted molar refractivity (Wildman–Crippen MR) is 127 cm³/mol. The Morgan fingerprint density at radius 1 is 0.367 bits per heavy atom. The molecule has 0 heteroatoms. The molecule has 0 spiro atoms. The van der Waals surface area contributed by atoms with Gasteiger partial charge in [0.1, 0.15) is 0 Å². The fraction of sp³-hybridized carbons (Fsp3) is 0.0667. The summed E-state index contributed by atoms with van der Waals surface area (Å²) in [6.07, 6.45) is 4.73. The monoisotopic (exact) mass is 384 g/mol. The predicted octanol–water partition coefficient (Wildman–Crippen LogP) is 7.73. The van der Waals surface area contributed by atoms with Crippen molar-refractivity contribution in [2.45, 2.75) is 11.8 Å². The lowest BCUT2D eigenvalue weighted by atomic mass is 9.59. The first-order valence-corrected chi connectivity index (χ1v) is 10.5. The molecule has 0 aliphatic heterocycles. The molecular formula is C30H24. The zero-order valence-corrected chi connectivity index (χ0v) is 16.9. The summed E-state index contributed by atoms with van der Waals surface area (Å²) in [5.41, 5.74) is 8.06. The van der Waals surface area contributed by atoms with Crippen LogP contribution in [0.2, 0.25) is 0 Å². The second kappa shape index (κ2) is 8.39. The number of rotatable bonds is 4. The average molecular weight is 385 g/mol. The molecule has 0 nitrogen and oxygen atoms in total. The van der Waals surface area contributed by atoms with Gasteiger partial charge in [0.05, 0.1) is 0 Å². The van der Waals surface area contributed by atoms with Crippen molar-refractivity contribution in [1.82, 2.24) is 0 Å². The highest BCUT2D eigenvalue weighted by Crippen LogP contribution is 2.58. The molecule has 0 heterocycles. The van der Waals surface area contributed by atoms with E-state index in [2.05, 4.69) is 133 Å². The summed E-state index contributed by atoms with van der Waals surface area (Å²) in [5, 5.41) is 0. The van der Waals surface area contributed by atoms with Gasteiger partial charge in [-0.15, -0.1) is 0 Å². The molecule has 0 saturated heterocycles. The van der Waals surface area contributed by atoms with E-state index in [1.165, 1.54) is 33.4 Å². The van der Waals surface area contributed by atoms with Gasteiger partial charge in [0, 0.05) is 11.8 Å². The molecule has 4 aromatic rings. The van der Waals surface area contributed by atoms with Crippen LogP contribution in [0.1, 0.15) is 34.1 Å². The van der Waals surface area contributed by atoms with Crippen molar-refractivity contribution in [3.05, 3.63) is 155 Å². The minimum Gasteiger partial charge on any atom is -0.0622 e. The number of benzene rings is 4. The quantitative estimate of drug-likeness (QED) is 0.338. The normalized spacial score (nSPS) is 20.8. The highest BCUT2D eigenvalue weighted by Gasteiger charge is 2.42. The molecule has 30 heavy (non-hydrogen) atoms. The molecule has 0 unspecified atom stereocenters. The molecule has 0 N–H and O–H groups in total. The lowest BCUT2D eigenvalue weighted by molar-refractivity contribution is 0.596. The van der Waals surface area contributed by atoms with Gasteiger partial charge in [-0.1, -0.05) is 133 Å². The van der Waals surface area contributed by atoms with Crippen LogP contribution in [-0.2, 0) is 0 Å². The molecule has 0 radical (unpaired) electrons. The van der Waals surface area contributed by atoms with E-state index in [9.17, 15) is 0 Å². The first-order chi connectivity index (χ1) is 14.9. The van der Waals surface area contributed by atoms with E-state index in [0.717, 1.165) is 0 Å². The first-order valence-electron chi connectivity index (χ1n) is 10.5. The molecule has 0 amide bonds. The molecule has 0 bridgehead atoms. The second-order valence-corrected chi connectivity index (χ2v) is 7.80. The van der Waals surface area contributed by atoms with Crippen molar-refractivity contribution in [2.75, 3.05) is 0 Å². The van der Waals surface area contributed by atoms with Gasteiger partial charge >= 0.3 is 0 Å². The maximum Gasteiger partial charge on any atom is 0.0202 e. The van der Waals surface area contributed by atoms with Gasteiger partial charge in [0.25, 0.3) is 0 Å². The van der Waals surface area contributed by atoms with E-state index >= 15 is 0 Å². The molecule has 4 aromatic carbocycles. The molecule has 1 saturated carbocycles. The Balaban J connectivity index is 1.68. The molecule has 5 rings (SSSR count). The van der Waals surface area contributed by atoms with Crippen molar-refractivity contribution in [3.8, 4) is 0 Å². The number of hydrogen-bond acceptors (Lipinski definition) is 0. The lowest BCUT2D eigenvalue weighted by Crippen LogP contribution is -2.28. The van der Waals surface area contributed by atoms with Gasteiger partial charge in [0.15, 0.2) is 0 Å². The average Bonchev–Trinajstić information content (AvgIpc) is 2.82. The molecule has 1 fully saturated rings. The Morgan fingerprint density at radius 2 is 0.667 bits per heavy atom. The van der Waals surface area contributed by atoms with E-state index in [1.54, 1.807) is 0 Å². The lowest BCUT2D eigenvalue weighted by Gasteiger charge is -2.44. The minimum absolute atomic E-state index is 0.351. The van der Waals surface area contributed by atoms with E-state index in [1.807, 2.05) is 0 Å². The van der Waals surface area contributed by atoms with Gasteiger partial charge in [-0.25, -0.2) is 0 Å². The largest absolute Gasteiger partial charge is 0.0622 e.